The van der Waals surface area contributed by atoms with E-state index >= 15 is 0 Å². The Balaban J connectivity index is 1.14. The van der Waals surface area contributed by atoms with E-state index in [1.54, 1.807) is 6.92 Å². The first-order valence-electron chi connectivity index (χ1n) is 11.0. The molecule has 0 saturated heterocycles. The lowest BCUT2D eigenvalue weighted by Gasteiger charge is -2.55. The first-order chi connectivity index (χ1) is 14.5. The van der Waals surface area contributed by atoms with Crippen molar-refractivity contribution in [1.29, 1.82) is 0 Å². The topological polar surface area (TPSA) is 81.4 Å². The molecule has 4 bridgehead atoms. The summed E-state index contributed by atoms with van der Waals surface area (Å²) in [6.07, 6.45) is 6.82. The van der Waals surface area contributed by atoms with Gasteiger partial charge >= 0.3 is 5.97 Å². The van der Waals surface area contributed by atoms with Gasteiger partial charge in [-0.1, -0.05) is 18.2 Å². The Labute approximate surface area is 176 Å². The fourth-order valence-corrected chi connectivity index (χ4v) is 6.19. The Morgan fingerprint density at radius 1 is 1.10 bits per heavy atom. The molecule has 6 nitrogen and oxygen atoms in total. The molecular weight excluding hydrogens is 380 g/mol. The average molecular weight is 408 g/mol. The number of hydrogen-bond donors (Lipinski definition) is 1. The van der Waals surface area contributed by atoms with Crippen LogP contribution in [0, 0.1) is 30.1 Å². The van der Waals surface area contributed by atoms with Crippen molar-refractivity contribution in [2.24, 2.45) is 23.2 Å². The van der Waals surface area contributed by atoms with Gasteiger partial charge in [0.1, 0.15) is 24.6 Å². The van der Waals surface area contributed by atoms with Crippen LogP contribution < -0.4 is 5.32 Å². The summed E-state index contributed by atoms with van der Waals surface area (Å²) >= 11 is 0. The Bertz CT molecular complexity index is 914. The molecule has 4 aliphatic rings. The Kier molecular flexibility index (Phi) is 4.88. The second kappa shape index (κ2) is 7.56. The van der Waals surface area contributed by atoms with E-state index in [0.29, 0.717) is 35.1 Å². The zero-order chi connectivity index (χ0) is 20.7. The minimum absolute atomic E-state index is 0.0359. The van der Waals surface area contributed by atoms with Crippen molar-refractivity contribution in [2.75, 3.05) is 6.54 Å². The van der Waals surface area contributed by atoms with E-state index in [2.05, 4.69) is 10.3 Å². The molecule has 1 heterocycles. The quantitative estimate of drug-likeness (QED) is 0.730. The van der Waals surface area contributed by atoms with Crippen molar-refractivity contribution in [3.8, 4) is 11.5 Å². The van der Waals surface area contributed by atoms with Crippen molar-refractivity contribution >= 4 is 11.9 Å². The Morgan fingerprint density at radius 2 is 1.73 bits per heavy atom. The van der Waals surface area contributed by atoms with Crippen LogP contribution in [0.1, 0.15) is 50.0 Å². The summed E-state index contributed by atoms with van der Waals surface area (Å²) < 4.78 is 11.0. The molecule has 6 rings (SSSR count). The summed E-state index contributed by atoms with van der Waals surface area (Å²) in [5.74, 6) is 2.82. The van der Waals surface area contributed by atoms with Gasteiger partial charge < -0.3 is 14.5 Å². The number of nitrogens with zero attached hydrogens (tertiary/aromatic N) is 1. The highest BCUT2D eigenvalue weighted by Gasteiger charge is 2.54. The van der Waals surface area contributed by atoms with E-state index in [1.165, 1.54) is 19.3 Å². The number of carbonyl (C=O) groups is 2. The van der Waals surface area contributed by atoms with Gasteiger partial charge in [-0.2, -0.15) is 0 Å². The largest absolute Gasteiger partial charge is 0.458 e. The number of aromatic nitrogens is 1. The molecule has 1 aromatic carbocycles. The molecule has 0 unspecified atom stereocenters. The van der Waals surface area contributed by atoms with Gasteiger partial charge in [-0.15, -0.1) is 0 Å². The monoisotopic (exact) mass is 408 g/mol. The van der Waals surface area contributed by atoms with Crippen molar-refractivity contribution in [1.82, 2.24) is 10.3 Å². The maximum Gasteiger partial charge on any atom is 0.325 e. The molecule has 0 atom stereocenters. The molecule has 6 heteroatoms. The van der Waals surface area contributed by atoms with E-state index in [0.717, 1.165) is 24.8 Å². The molecule has 1 aromatic heterocycles. The normalized spacial score (nSPS) is 29.0. The van der Waals surface area contributed by atoms with Crippen LogP contribution >= 0.6 is 0 Å². The smallest absolute Gasteiger partial charge is 0.325 e. The predicted octanol–water partition coefficient (Wildman–Crippen LogP) is 4.03. The predicted molar refractivity (Wildman–Crippen MR) is 110 cm³/mol. The zero-order valence-corrected chi connectivity index (χ0v) is 17.4. The number of rotatable bonds is 6. The molecular formula is C24H28N2O4. The molecule has 158 valence electrons. The van der Waals surface area contributed by atoms with Crippen LogP contribution in [0.3, 0.4) is 0 Å². The third-order valence-corrected chi connectivity index (χ3v) is 7.20. The van der Waals surface area contributed by atoms with Crippen LogP contribution in [-0.4, -0.2) is 23.4 Å². The number of nitrogens with one attached hydrogen (secondary N) is 1. The average Bonchev–Trinajstić information content (AvgIpc) is 3.10. The number of benzene rings is 1. The maximum atomic E-state index is 12.9. The number of esters is 1. The van der Waals surface area contributed by atoms with E-state index in [4.69, 9.17) is 9.15 Å². The summed E-state index contributed by atoms with van der Waals surface area (Å²) in [5, 5.41) is 2.86. The summed E-state index contributed by atoms with van der Waals surface area (Å²) in [4.78, 5) is 29.6. The Morgan fingerprint density at radius 3 is 2.37 bits per heavy atom. The molecule has 0 radical (unpaired) electrons. The second-order valence-electron chi connectivity index (χ2n) is 9.43. The van der Waals surface area contributed by atoms with Gasteiger partial charge in [0.25, 0.3) is 0 Å². The molecule has 0 aliphatic heterocycles. The third kappa shape index (κ3) is 3.64. The highest BCUT2D eigenvalue weighted by Crippen LogP contribution is 2.60. The van der Waals surface area contributed by atoms with Gasteiger partial charge in [0.15, 0.2) is 0 Å². The number of amides is 1. The van der Waals surface area contributed by atoms with E-state index in [-0.39, 0.29) is 24.5 Å². The van der Waals surface area contributed by atoms with Crippen LogP contribution in [-0.2, 0) is 20.9 Å². The fraction of sp³-hybridized carbons (Fsp3) is 0.542. The molecule has 30 heavy (non-hydrogen) atoms. The van der Waals surface area contributed by atoms with E-state index in [1.807, 2.05) is 30.3 Å². The number of oxazole rings is 1. The van der Waals surface area contributed by atoms with E-state index in [9.17, 15) is 9.59 Å². The highest BCUT2D eigenvalue weighted by atomic mass is 16.5. The van der Waals surface area contributed by atoms with Crippen molar-refractivity contribution in [3.05, 3.63) is 41.8 Å². The summed E-state index contributed by atoms with van der Waals surface area (Å²) in [5.41, 5.74) is 1.22. The summed E-state index contributed by atoms with van der Waals surface area (Å²) in [6.45, 7) is 1.74. The molecule has 4 saturated carbocycles. The molecule has 1 amide bonds. The minimum Gasteiger partial charge on any atom is -0.458 e. The van der Waals surface area contributed by atoms with Gasteiger partial charge in [0.05, 0.1) is 0 Å². The second-order valence-corrected chi connectivity index (χ2v) is 9.43. The van der Waals surface area contributed by atoms with Gasteiger partial charge in [0.2, 0.25) is 11.8 Å². The third-order valence-electron chi connectivity index (χ3n) is 7.20. The van der Waals surface area contributed by atoms with Crippen molar-refractivity contribution in [3.63, 3.8) is 0 Å². The van der Waals surface area contributed by atoms with Crippen LogP contribution in [0.5, 0.6) is 0 Å². The first-order valence-corrected chi connectivity index (χ1v) is 11.0. The molecule has 4 aliphatic carbocycles. The van der Waals surface area contributed by atoms with Gasteiger partial charge in [-0.3, -0.25) is 9.59 Å². The SMILES string of the molecule is Cc1oc(-c2ccccc2)nc1COC(=O)CNC(=O)C12CC3CC(CC(C3)C1)C2. The van der Waals surface area contributed by atoms with Gasteiger partial charge in [-0.05, 0) is 75.3 Å². The number of carbonyl (C=O) groups excluding carboxylic acids is 2. The lowest BCUT2D eigenvalue weighted by molar-refractivity contribution is -0.151. The van der Waals surface area contributed by atoms with Gasteiger partial charge in [-0.25, -0.2) is 4.98 Å². The van der Waals surface area contributed by atoms with Crippen molar-refractivity contribution in [2.45, 2.75) is 52.1 Å². The fourth-order valence-electron chi connectivity index (χ4n) is 6.19. The number of ether oxygens (including phenoxy) is 1. The van der Waals surface area contributed by atoms with Crippen LogP contribution in [0.4, 0.5) is 0 Å². The molecule has 0 spiro atoms. The summed E-state index contributed by atoms with van der Waals surface area (Å²) in [7, 11) is 0. The van der Waals surface area contributed by atoms with Crippen LogP contribution in [0.15, 0.2) is 34.7 Å². The zero-order valence-electron chi connectivity index (χ0n) is 17.4. The lowest BCUT2D eigenvalue weighted by atomic mass is 9.49. The van der Waals surface area contributed by atoms with E-state index < -0.39 is 5.97 Å². The standard InChI is InChI=1S/C24H28N2O4/c1-15-20(26-22(30-15)19-5-3-2-4-6-19)14-29-21(27)13-25-23(28)24-10-16-7-17(11-24)9-18(8-16)12-24/h2-6,16-18H,7-14H2,1H3,(H,25,28). The molecule has 1 N–H and O–H groups in total. The van der Waals surface area contributed by atoms with Crippen LogP contribution in [0.25, 0.3) is 11.5 Å². The number of aryl methyl sites for hydroxylation is 1. The number of hydrogen-bond acceptors (Lipinski definition) is 5. The molecule has 4 fully saturated rings. The van der Waals surface area contributed by atoms with Crippen molar-refractivity contribution < 1.29 is 18.7 Å². The lowest BCUT2D eigenvalue weighted by Crippen LogP contribution is -2.54. The Hall–Kier alpha value is -2.63. The highest BCUT2D eigenvalue weighted by molar-refractivity contribution is 5.86. The maximum absolute atomic E-state index is 12.9. The van der Waals surface area contributed by atoms with Gasteiger partial charge in [0, 0.05) is 11.0 Å². The molecule has 2 aromatic rings. The summed E-state index contributed by atoms with van der Waals surface area (Å²) in [6, 6.07) is 9.60. The first kappa shape index (κ1) is 19.3. The minimum atomic E-state index is -0.447. The van der Waals surface area contributed by atoms with Crippen LogP contribution in [0.2, 0.25) is 0 Å².